The fourth-order valence-electron chi connectivity index (χ4n) is 3.16. The minimum absolute atomic E-state index is 0.914. The molecule has 0 amide bonds. The van der Waals surface area contributed by atoms with Gasteiger partial charge in [-0.05, 0) is 44.0 Å². The summed E-state index contributed by atoms with van der Waals surface area (Å²) in [6, 6.07) is 19.0. The lowest BCUT2D eigenvalue weighted by Gasteiger charge is -2.10. The van der Waals surface area contributed by atoms with Crippen LogP contribution in [0.15, 0.2) is 59.0 Å². The smallest absolute Gasteiger partial charge is 0.158 e. The number of rotatable bonds is 2. The highest BCUT2D eigenvalue weighted by Gasteiger charge is 2.12. The van der Waals surface area contributed by atoms with Gasteiger partial charge in [0.1, 0.15) is 5.58 Å². The van der Waals surface area contributed by atoms with Crippen LogP contribution in [-0.2, 0) is 0 Å². The van der Waals surface area contributed by atoms with Crippen molar-refractivity contribution >= 4 is 33.3 Å². The molecule has 0 atom stereocenters. The number of anilines is 2. The zero-order chi connectivity index (χ0) is 16.0. The van der Waals surface area contributed by atoms with Crippen LogP contribution < -0.4 is 5.32 Å². The molecule has 1 N–H and O–H groups in total. The summed E-state index contributed by atoms with van der Waals surface area (Å²) in [5.74, 6) is 0. The van der Waals surface area contributed by atoms with Crippen LogP contribution in [0.1, 0.15) is 16.7 Å². The van der Waals surface area contributed by atoms with E-state index in [1.807, 2.05) is 0 Å². The van der Waals surface area contributed by atoms with E-state index in [2.05, 4.69) is 80.7 Å². The Morgan fingerprint density at radius 1 is 0.696 bits per heavy atom. The third kappa shape index (κ3) is 2.27. The van der Waals surface area contributed by atoms with Crippen molar-refractivity contribution in [1.82, 2.24) is 0 Å². The first-order valence-corrected chi connectivity index (χ1v) is 7.88. The van der Waals surface area contributed by atoms with E-state index < -0.39 is 0 Å². The number of hydrogen-bond acceptors (Lipinski definition) is 2. The van der Waals surface area contributed by atoms with Gasteiger partial charge in [0, 0.05) is 16.5 Å². The molecule has 0 aliphatic rings. The summed E-state index contributed by atoms with van der Waals surface area (Å²) in [4.78, 5) is 0. The topological polar surface area (TPSA) is 25.2 Å². The number of hydrogen-bond donors (Lipinski definition) is 1. The third-order valence-electron chi connectivity index (χ3n) is 4.37. The summed E-state index contributed by atoms with van der Waals surface area (Å²) in [5.41, 5.74) is 7.66. The van der Waals surface area contributed by atoms with E-state index in [9.17, 15) is 0 Å². The Bertz CT molecular complexity index is 1030. The van der Waals surface area contributed by atoms with E-state index in [0.29, 0.717) is 0 Å². The molecule has 4 rings (SSSR count). The maximum atomic E-state index is 6.19. The lowest BCUT2D eigenvalue weighted by molar-refractivity contribution is 0.667. The lowest BCUT2D eigenvalue weighted by atomic mass is 10.1. The quantitative estimate of drug-likeness (QED) is 0.473. The monoisotopic (exact) mass is 301 g/mol. The van der Waals surface area contributed by atoms with Gasteiger partial charge in [0.15, 0.2) is 5.58 Å². The van der Waals surface area contributed by atoms with Crippen LogP contribution in [0.3, 0.4) is 0 Å². The average Bonchev–Trinajstić information content (AvgIpc) is 2.91. The number of furan rings is 1. The standard InChI is InChI=1S/C21H19NO/c1-13-10-11-18(15(3)12-13)22-19-9-5-8-17-16-7-4-6-14(2)20(16)23-21(17)19/h4-12,22H,1-3H3. The summed E-state index contributed by atoms with van der Waals surface area (Å²) < 4.78 is 6.19. The van der Waals surface area contributed by atoms with Gasteiger partial charge in [-0.3, -0.25) is 0 Å². The van der Waals surface area contributed by atoms with Crippen LogP contribution in [0.25, 0.3) is 21.9 Å². The van der Waals surface area contributed by atoms with Crippen LogP contribution in [0.4, 0.5) is 11.4 Å². The molecule has 114 valence electrons. The second-order valence-electron chi connectivity index (χ2n) is 6.18. The second-order valence-corrected chi connectivity index (χ2v) is 6.18. The van der Waals surface area contributed by atoms with Crippen LogP contribution in [0.2, 0.25) is 0 Å². The summed E-state index contributed by atoms with van der Waals surface area (Å²) in [5, 5.41) is 5.85. The zero-order valence-electron chi connectivity index (χ0n) is 13.6. The Hall–Kier alpha value is -2.74. The molecule has 0 aliphatic carbocycles. The molecule has 1 heterocycles. The molecule has 0 saturated carbocycles. The molecular formula is C21H19NO. The van der Waals surface area contributed by atoms with Crippen molar-refractivity contribution in [3.05, 3.63) is 71.3 Å². The minimum atomic E-state index is 0.914. The van der Waals surface area contributed by atoms with E-state index in [1.165, 1.54) is 16.5 Å². The first-order chi connectivity index (χ1) is 11.1. The third-order valence-corrected chi connectivity index (χ3v) is 4.37. The van der Waals surface area contributed by atoms with Crippen molar-refractivity contribution in [1.29, 1.82) is 0 Å². The first kappa shape index (κ1) is 13.9. The van der Waals surface area contributed by atoms with Gasteiger partial charge in [0.05, 0.1) is 5.69 Å². The molecule has 4 aromatic rings. The highest BCUT2D eigenvalue weighted by molar-refractivity contribution is 6.09. The molecular weight excluding hydrogens is 282 g/mol. The largest absolute Gasteiger partial charge is 0.454 e. The van der Waals surface area contributed by atoms with Crippen molar-refractivity contribution in [2.75, 3.05) is 5.32 Å². The Balaban J connectivity index is 1.90. The van der Waals surface area contributed by atoms with Crippen LogP contribution >= 0.6 is 0 Å². The fourth-order valence-corrected chi connectivity index (χ4v) is 3.16. The summed E-state index contributed by atoms with van der Waals surface area (Å²) in [6.45, 7) is 6.32. The number of fused-ring (bicyclic) bond motifs is 3. The van der Waals surface area contributed by atoms with Gasteiger partial charge in [-0.2, -0.15) is 0 Å². The Kier molecular flexibility index (Phi) is 3.12. The summed E-state index contributed by atoms with van der Waals surface area (Å²) in [7, 11) is 0. The lowest BCUT2D eigenvalue weighted by Crippen LogP contribution is -1.93. The highest BCUT2D eigenvalue weighted by Crippen LogP contribution is 2.36. The van der Waals surface area contributed by atoms with Gasteiger partial charge in [-0.15, -0.1) is 0 Å². The van der Waals surface area contributed by atoms with Crippen molar-refractivity contribution in [3.63, 3.8) is 0 Å². The van der Waals surface area contributed by atoms with E-state index in [0.717, 1.165) is 33.5 Å². The maximum Gasteiger partial charge on any atom is 0.158 e. The molecule has 2 heteroatoms. The van der Waals surface area contributed by atoms with E-state index in [4.69, 9.17) is 4.42 Å². The normalized spacial score (nSPS) is 11.3. The van der Waals surface area contributed by atoms with Gasteiger partial charge in [-0.1, -0.05) is 48.0 Å². The fraction of sp³-hybridized carbons (Fsp3) is 0.143. The molecule has 0 bridgehead atoms. The maximum absolute atomic E-state index is 6.19. The number of aryl methyl sites for hydroxylation is 3. The summed E-state index contributed by atoms with van der Waals surface area (Å²) in [6.07, 6.45) is 0. The van der Waals surface area contributed by atoms with Crippen molar-refractivity contribution in [2.45, 2.75) is 20.8 Å². The molecule has 0 aliphatic heterocycles. The molecule has 1 aromatic heterocycles. The minimum Gasteiger partial charge on any atom is -0.454 e. The van der Waals surface area contributed by atoms with Gasteiger partial charge < -0.3 is 9.73 Å². The van der Waals surface area contributed by atoms with Gasteiger partial charge in [0.2, 0.25) is 0 Å². The Morgan fingerprint density at radius 2 is 1.43 bits per heavy atom. The molecule has 0 spiro atoms. The number of benzene rings is 3. The Morgan fingerprint density at radius 3 is 2.22 bits per heavy atom. The molecule has 0 saturated heterocycles. The van der Waals surface area contributed by atoms with Crippen molar-refractivity contribution in [3.8, 4) is 0 Å². The number of nitrogens with one attached hydrogen (secondary N) is 1. The van der Waals surface area contributed by atoms with Crippen LogP contribution in [-0.4, -0.2) is 0 Å². The van der Waals surface area contributed by atoms with E-state index in [1.54, 1.807) is 0 Å². The average molecular weight is 301 g/mol. The molecule has 2 nitrogen and oxygen atoms in total. The number of para-hydroxylation sites is 2. The van der Waals surface area contributed by atoms with Gasteiger partial charge in [0.25, 0.3) is 0 Å². The predicted octanol–water partition coefficient (Wildman–Crippen LogP) is 6.25. The highest BCUT2D eigenvalue weighted by atomic mass is 16.3. The van der Waals surface area contributed by atoms with Crippen LogP contribution in [0, 0.1) is 20.8 Å². The molecule has 0 unspecified atom stereocenters. The van der Waals surface area contributed by atoms with Gasteiger partial charge >= 0.3 is 0 Å². The van der Waals surface area contributed by atoms with Crippen molar-refractivity contribution < 1.29 is 4.42 Å². The molecule has 0 fully saturated rings. The van der Waals surface area contributed by atoms with E-state index >= 15 is 0 Å². The second kappa shape index (κ2) is 5.17. The van der Waals surface area contributed by atoms with Crippen LogP contribution in [0.5, 0.6) is 0 Å². The SMILES string of the molecule is Cc1ccc(Nc2cccc3c2oc2c(C)cccc23)c(C)c1. The zero-order valence-corrected chi connectivity index (χ0v) is 13.6. The Labute approximate surface area is 135 Å². The van der Waals surface area contributed by atoms with E-state index in [-0.39, 0.29) is 0 Å². The molecule has 23 heavy (non-hydrogen) atoms. The van der Waals surface area contributed by atoms with Crippen molar-refractivity contribution in [2.24, 2.45) is 0 Å². The molecule has 0 radical (unpaired) electrons. The molecule has 3 aromatic carbocycles. The first-order valence-electron chi connectivity index (χ1n) is 7.88. The predicted molar refractivity (Wildman–Crippen MR) is 97.7 cm³/mol. The summed E-state index contributed by atoms with van der Waals surface area (Å²) >= 11 is 0. The van der Waals surface area contributed by atoms with Gasteiger partial charge in [-0.25, -0.2) is 0 Å².